The van der Waals surface area contributed by atoms with E-state index in [0.29, 0.717) is 5.69 Å². The van der Waals surface area contributed by atoms with Gasteiger partial charge in [0.25, 0.3) is 20.2 Å². The van der Waals surface area contributed by atoms with Crippen molar-refractivity contribution in [3.8, 4) is 0 Å². The molecule has 0 saturated heterocycles. The highest BCUT2D eigenvalue weighted by atomic mass is 32.2. The molecule has 0 aliphatic rings. The second kappa shape index (κ2) is 9.73. The van der Waals surface area contributed by atoms with Crippen LogP contribution in [0.25, 0.3) is 12.2 Å². The Bertz CT molecular complexity index is 1510. The van der Waals surface area contributed by atoms with Gasteiger partial charge in [0.1, 0.15) is 9.79 Å². The van der Waals surface area contributed by atoms with E-state index in [-0.39, 0.29) is 22.5 Å². The number of hydrogen-bond donors (Lipinski definition) is 4. The summed E-state index contributed by atoms with van der Waals surface area (Å²) in [4.78, 5) is -0.895. The third-order valence-electron chi connectivity index (χ3n) is 4.79. The van der Waals surface area contributed by atoms with Crippen LogP contribution >= 0.6 is 0 Å². The standard InChI is InChI=1S/C22H22N4O6S2/c1-14-11-18(24-2)9-10-20(14)26-25-19-8-6-16(22(13-19)34(30,31)32)4-3-15-5-7-17(23)12-21(15)33(27,28)29/h3-13,24H,23H2,1-2H3,(H,27,28,29)(H,30,31,32)/b4-3+,26-25?. The first-order valence-electron chi connectivity index (χ1n) is 9.75. The van der Waals surface area contributed by atoms with Gasteiger partial charge in [-0.15, -0.1) is 0 Å². The van der Waals surface area contributed by atoms with Crippen LogP contribution in [0.5, 0.6) is 0 Å². The molecule has 3 aromatic carbocycles. The average molecular weight is 503 g/mol. The van der Waals surface area contributed by atoms with Gasteiger partial charge in [-0.1, -0.05) is 24.3 Å². The van der Waals surface area contributed by atoms with Gasteiger partial charge in [0.05, 0.1) is 11.4 Å². The molecule has 0 saturated carbocycles. The molecule has 0 unspecified atom stereocenters. The van der Waals surface area contributed by atoms with E-state index in [0.717, 1.165) is 23.4 Å². The number of benzene rings is 3. The van der Waals surface area contributed by atoms with E-state index in [9.17, 15) is 25.9 Å². The first kappa shape index (κ1) is 25.1. The minimum Gasteiger partial charge on any atom is -0.399 e. The number of azo groups is 1. The lowest BCUT2D eigenvalue weighted by molar-refractivity contribution is 0.480. The summed E-state index contributed by atoms with van der Waals surface area (Å²) < 4.78 is 66.4. The largest absolute Gasteiger partial charge is 0.399 e. The molecule has 3 rings (SSSR count). The van der Waals surface area contributed by atoms with Crippen molar-refractivity contribution in [1.82, 2.24) is 0 Å². The number of anilines is 2. The van der Waals surface area contributed by atoms with Crippen LogP contribution in [0.15, 0.2) is 74.6 Å². The van der Waals surface area contributed by atoms with Gasteiger partial charge in [0.15, 0.2) is 0 Å². The summed E-state index contributed by atoms with van der Waals surface area (Å²) in [6.45, 7) is 1.85. The topological polar surface area (TPSA) is 172 Å². The number of nitrogens with one attached hydrogen (secondary N) is 1. The Morgan fingerprint density at radius 1 is 0.824 bits per heavy atom. The molecule has 0 atom stereocenters. The maximum Gasteiger partial charge on any atom is 0.295 e. The van der Waals surface area contributed by atoms with Crippen molar-refractivity contribution in [3.63, 3.8) is 0 Å². The van der Waals surface area contributed by atoms with Crippen molar-refractivity contribution in [3.05, 3.63) is 71.3 Å². The maximum absolute atomic E-state index is 12.0. The van der Waals surface area contributed by atoms with Gasteiger partial charge in [-0.05, 0) is 66.1 Å². The molecule has 5 N–H and O–H groups in total. The van der Waals surface area contributed by atoms with Crippen LogP contribution < -0.4 is 11.1 Å². The Morgan fingerprint density at radius 2 is 1.41 bits per heavy atom. The smallest absolute Gasteiger partial charge is 0.295 e. The van der Waals surface area contributed by atoms with E-state index in [1.165, 1.54) is 36.4 Å². The minimum atomic E-state index is -4.65. The minimum absolute atomic E-state index is 0.0640. The quantitative estimate of drug-likeness (QED) is 0.156. The van der Waals surface area contributed by atoms with Crippen molar-refractivity contribution in [2.24, 2.45) is 10.2 Å². The first-order chi connectivity index (χ1) is 15.9. The zero-order valence-corrected chi connectivity index (χ0v) is 19.8. The Balaban J connectivity index is 2.00. The molecule has 34 heavy (non-hydrogen) atoms. The van der Waals surface area contributed by atoms with Crippen molar-refractivity contribution in [2.75, 3.05) is 18.1 Å². The fraction of sp³-hybridized carbons (Fsp3) is 0.0909. The van der Waals surface area contributed by atoms with Crippen LogP contribution in [0.2, 0.25) is 0 Å². The molecule has 0 bridgehead atoms. The van der Waals surface area contributed by atoms with E-state index in [1.54, 1.807) is 13.1 Å². The maximum atomic E-state index is 12.0. The van der Waals surface area contributed by atoms with Gasteiger partial charge >= 0.3 is 0 Å². The lowest BCUT2D eigenvalue weighted by Gasteiger charge is -2.07. The van der Waals surface area contributed by atoms with Gasteiger partial charge in [-0.3, -0.25) is 9.11 Å². The summed E-state index contributed by atoms with van der Waals surface area (Å²) in [5.74, 6) is 0. The summed E-state index contributed by atoms with van der Waals surface area (Å²) in [6, 6.07) is 13.3. The van der Waals surface area contributed by atoms with Gasteiger partial charge < -0.3 is 11.1 Å². The molecule has 0 aliphatic carbocycles. The number of nitrogens with two attached hydrogens (primary N) is 1. The third-order valence-corrected chi connectivity index (χ3v) is 6.61. The van der Waals surface area contributed by atoms with Crippen molar-refractivity contribution >= 4 is 55.1 Å². The van der Waals surface area contributed by atoms with Gasteiger partial charge in [-0.25, -0.2) is 0 Å². The molecule has 0 radical (unpaired) electrons. The highest BCUT2D eigenvalue weighted by molar-refractivity contribution is 7.86. The summed E-state index contributed by atoms with van der Waals surface area (Å²) in [7, 11) is -7.44. The predicted octanol–water partition coefficient (Wildman–Crippen LogP) is 4.70. The molecule has 0 aromatic heterocycles. The van der Waals surface area contributed by atoms with Crippen molar-refractivity contribution < 1.29 is 25.9 Å². The molecule has 0 heterocycles. The molecule has 0 amide bonds. The normalized spacial score (nSPS) is 12.5. The third kappa shape index (κ3) is 6.05. The van der Waals surface area contributed by atoms with E-state index < -0.39 is 30.0 Å². The van der Waals surface area contributed by atoms with Crippen LogP contribution in [0, 0.1) is 6.92 Å². The molecule has 0 aliphatic heterocycles. The first-order valence-corrected chi connectivity index (χ1v) is 12.6. The summed E-state index contributed by atoms with van der Waals surface area (Å²) in [5, 5.41) is 11.2. The van der Waals surface area contributed by atoms with Crippen molar-refractivity contribution in [1.29, 1.82) is 0 Å². The Hall–Kier alpha value is -3.58. The second-order valence-corrected chi connectivity index (χ2v) is 10.0. The highest BCUT2D eigenvalue weighted by Gasteiger charge is 2.17. The van der Waals surface area contributed by atoms with Gasteiger partial charge in [0.2, 0.25) is 0 Å². The van der Waals surface area contributed by atoms with Crippen LogP contribution in [0.3, 0.4) is 0 Å². The van der Waals surface area contributed by atoms with Crippen LogP contribution in [0.1, 0.15) is 16.7 Å². The fourth-order valence-electron chi connectivity index (χ4n) is 3.07. The van der Waals surface area contributed by atoms with E-state index >= 15 is 0 Å². The summed E-state index contributed by atoms with van der Waals surface area (Å²) in [5.41, 5.74) is 8.35. The Morgan fingerprint density at radius 3 is 1.97 bits per heavy atom. The molecular formula is C22H22N4O6S2. The van der Waals surface area contributed by atoms with Crippen LogP contribution in [-0.2, 0) is 20.2 Å². The zero-order chi connectivity index (χ0) is 25.1. The Labute approximate surface area is 197 Å². The molecular weight excluding hydrogens is 480 g/mol. The molecule has 0 spiro atoms. The second-order valence-electron chi connectivity index (χ2n) is 7.25. The van der Waals surface area contributed by atoms with Gasteiger partial charge in [0, 0.05) is 18.4 Å². The summed E-state index contributed by atoms with van der Waals surface area (Å²) >= 11 is 0. The van der Waals surface area contributed by atoms with E-state index in [1.807, 2.05) is 19.1 Å². The van der Waals surface area contributed by atoms with Crippen LogP contribution in [-0.4, -0.2) is 33.0 Å². The van der Waals surface area contributed by atoms with Crippen molar-refractivity contribution in [2.45, 2.75) is 16.7 Å². The Kier molecular flexibility index (Phi) is 7.17. The average Bonchev–Trinajstić information content (AvgIpc) is 2.76. The molecule has 12 heteroatoms. The number of rotatable bonds is 7. The highest BCUT2D eigenvalue weighted by Crippen LogP contribution is 2.29. The number of hydrogen-bond acceptors (Lipinski definition) is 8. The van der Waals surface area contributed by atoms with Crippen LogP contribution in [0.4, 0.5) is 22.7 Å². The summed E-state index contributed by atoms with van der Waals surface area (Å²) in [6.07, 6.45) is 2.56. The van der Waals surface area contributed by atoms with E-state index in [2.05, 4.69) is 15.5 Å². The fourth-order valence-corrected chi connectivity index (χ4v) is 4.50. The molecule has 10 nitrogen and oxygen atoms in total. The lowest BCUT2D eigenvalue weighted by atomic mass is 10.1. The monoisotopic (exact) mass is 502 g/mol. The molecule has 178 valence electrons. The number of nitrogens with zero attached hydrogens (tertiary/aromatic N) is 2. The molecule has 3 aromatic rings. The predicted molar refractivity (Wildman–Crippen MR) is 131 cm³/mol. The van der Waals surface area contributed by atoms with E-state index in [4.69, 9.17) is 5.73 Å². The number of nitrogen functional groups attached to an aromatic ring is 1. The lowest BCUT2D eigenvalue weighted by Crippen LogP contribution is -2.02. The number of aryl methyl sites for hydroxylation is 1. The zero-order valence-electron chi connectivity index (χ0n) is 18.2. The molecule has 0 fully saturated rings. The SMILES string of the molecule is CNc1ccc(N=Nc2ccc(/C=C/c3ccc(N)cc3S(=O)(=O)O)c(S(=O)(=O)O)c2)c(C)c1. The van der Waals surface area contributed by atoms with Gasteiger partial charge in [-0.2, -0.15) is 27.1 Å².